The van der Waals surface area contributed by atoms with Crippen molar-refractivity contribution in [3.05, 3.63) is 0 Å². The van der Waals surface area contributed by atoms with Gasteiger partial charge in [0.15, 0.2) is 0 Å². The number of hydrogen-bond acceptors (Lipinski definition) is 1. The largest absolute Gasteiger partial charge is 0.350 e. The van der Waals surface area contributed by atoms with Crippen LogP contribution in [-0.2, 0) is 0 Å². The van der Waals surface area contributed by atoms with Crippen LogP contribution in [0.4, 0.5) is 43.9 Å². The monoisotopic (exact) mass is 281 g/mol. The average molecular weight is 281 g/mol. The van der Waals surface area contributed by atoms with Gasteiger partial charge in [-0.2, -0.15) is 17.6 Å². The molecule has 104 valence electrons. The Labute approximate surface area is 87.8 Å². The Kier molecular flexibility index (Phi) is 5.04. The average Bonchev–Trinajstić information content (AvgIpc) is 2.16. The van der Waals surface area contributed by atoms with Crippen LogP contribution >= 0.6 is 0 Å². The van der Waals surface area contributed by atoms with Crippen LogP contribution in [0.15, 0.2) is 0 Å². The number of hydrogen-bond donors (Lipinski definition) is 1. The van der Waals surface area contributed by atoms with Gasteiger partial charge in [-0.05, 0) is 0 Å². The predicted octanol–water partition coefficient (Wildman–Crippen LogP) is 2.97. The number of alkyl halides is 10. The Morgan fingerprint density at radius 1 is 0.588 bits per heavy atom. The van der Waals surface area contributed by atoms with E-state index in [1.54, 1.807) is 0 Å². The topological polar surface area (TPSA) is 12.0 Å². The molecule has 0 aromatic carbocycles. The molecule has 2 unspecified atom stereocenters. The van der Waals surface area contributed by atoms with E-state index in [0.717, 1.165) is 0 Å². The van der Waals surface area contributed by atoms with Gasteiger partial charge >= 0.3 is 24.7 Å². The van der Waals surface area contributed by atoms with Crippen molar-refractivity contribution in [1.82, 2.24) is 5.32 Å². The Hall–Kier alpha value is -0.740. The summed E-state index contributed by atoms with van der Waals surface area (Å²) in [6.07, 6.45) is -17.7. The summed E-state index contributed by atoms with van der Waals surface area (Å²) >= 11 is 0. The Morgan fingerprint density at radius 3 is 1.00 bits per heavy atom. The fraction of sp³-hybridized carbons (Fsp3) is 1.00. The van der Waals surface area contributed by atoms with E-state index >= 15 is 0 Å². The summed E-state index contributed by atoms with van der Waals surface area (Å²) in [5.74, 6) is -11.0. The number of nitrogens with one attached hydrogen (secondary N) is 1. The fourth-order valence-electron chi connectivity index (χ4n) is 0.572. The standard InChI is InChI=1S/C6H5F10N/c7-1(8)5(13,14)3(11)17-4(12)6(15,16)2(9)10/h1-4,17H. The lowest BCUT2D eigenvalue weighted by Crippen LogP contribution is -2.55. The highest BCUT2D eigenvalue weighted by atomic mass is 19.3. The van der Waals surface area contributed by atoms with E-state index in [-0.39, 0.29) is 5.32 Å². The van der Waals surface area contributed by atoms with E-state index in [9.17, 15) is 43.9 Å². The molecule has 0 bridgehead atoms. The number of halogens is 10. The molecule has 0 radical (unpaired) electrons. The second-order valence-electron chi connectivity index (χ2n) is 2.84. The van der Waals surface area contributed by atoms with Gasteiger partial charge < -0.3 is 0 Å². The molecule has 17 heavy (non-hydrogen) atoms. The maximum atomic E-state index is 12.3. The van der Waals surface area contributed by atoms with Crippen LogP contribution in [0.25, 0.3) is 0 Å². The summed E-state index contributed by atoms with van der Waals surface area (Å²) in [7, 11) is 0. The van der Waals surface area contributed by atoms with Crippen molar-refractivity contribution in [2.45, 2.75) is 37.3 Å². The van der Waals surface area contributed by atoms with Crippen molar-refractivity contribution >= 4 is 0 Å². The van der Waals surface area contributed by atoms with Crippen LogP contribution < -0.4 is 5.32 Å². The van der Waals surface area contributed by atoms with Gasteiger partial charge in [0, 0.05) is 0 Å². The first-order valence-corrected chi connectivity index (χ1v) is 3.80. The van der Waals surface area contributed by atoms with Gasteiger partial charge in [-0.1, -0.05) is 0 Å². The van der Waals surface area contributed by atoms with Crippen molar-refractivity contribution in [2.24, 2.45) is 0 Å². The Morgan fingerprint density at radius 2 is 0.824 bits per heavy atom. The van der Waals surface area contributed by atoms with Gasteiger partial charge in [0.05, 0.1) is 0 Å². The molecule has 1 N–H and O–H groups in total. The van der Waals surface area contributed by atoms with Crippen LogP contribution in [-0.4, -0.2) is 37.3 Å². The Bertz CT molecular complexity index is 217. The third kappa shape index (κ3) is 3.61. The highest BCUT2D eigenvalue weighted by Crippen LogP contribution is 2.32. The summed E-state index contributed by atoms with van der Waals surface area (Å²) in [5.41, 5.74) is 0. The second kappa shape index (κ2) is 5.27. The molecule has 0 heterocycles. The third-order valence-electron chi connectivity index (χ3n) is 1.55. The van der Waals surface area contributed by atoms with Crippen LogP contribution in [0.5, 0.6) is 0 Å². The fourth-order valence-corrected chi connectivity index (χ4v) is 0.572. The van der Waals surface area contributed by atoms with Crippen LogP contribution in [0, 0.1) is 0 Å². The van der Waals surface area contributed by atoms with E-state index < -0.39 is 37.3 Å². The van der Waals surface area contributed by atoms with Crippen LogP contribution in [0.3, 0.4) is 0 Å². The van der Waals surface area contributed by atoms with Crippen molar-refractivity contribution in [3.63, 3.8) is 0 Å². The zero-order valence-electron chi connectivity index (χ0n) is 7.59. The lowest BCUT2D eigenvalue weighted by Gasteiger charge is -2.26. The maximum Gasteiger partial charge on any atom is 0.350 e. The van der Waals surface area contributed by atoms with Crippen LogP contribution in [0.2, 0.25) is 0 Å². The van der Waals surface area contributed by atoms with Crippen molar-refractivity contribution in [1.29, 1.82) is 0 Å². The van der Waals surface area contributed by atoms with Crippen LogP contribution in [0.1, 0.15) is 0 Å². The molecule has 0 rings (SSSR count). The molecule has 0 aromatic rings. The van der Waals surface area contributed by atoms with Crippen molar-refractivity contribution in [2.75, 3.05) is 0 Å². The van der Waals surface area contributed by atoms with Gasteiger partial charge in [0.1, 0.15) is 0 Å². The molecule has 1 nitrogen and oxygen atoms in total. The first-order chi connectivity index (χ1) is 7.44. The summed E-state index contributed by atoms with van der Waals surface area (Å²) < 4.78 is 119. The molecular formula is C6H5F10N. The molecule has 0 aliphatic carbocycles. The molecule has 0 fully saturated rings. The lowest BCUT2D eigenvalue weighted by molar-refractivity contribution is -0.214. The molecule has 0 saturated heterocycles. The molecule has 0 amide bonds. The van der Waals surface area contributed by atoms with Gasteiger partial charge in [-0.3, -0.25) is 0 Å². The van der Waals surface area contributed by atoms with E-state index in [1.165, 1.54) is 0 Å². The first-order valence-electron chi connectivity index (χ1n) is 3.80. The first kappa shape index (κ1) is 16.3. The molecule has 0 aliphatic heterocycles. The molecule has 0 aliphatic rings. The minimum Gasteiger partial charge on any atom is -0.247 e. The normalized spacial score (nSPS) is 17.6. The third-order valence-corrected chi connectivity index (χ3v) is 1.55. The van der Waals surface area contributed by atoms with Gasteiger partial charge in [0.25, 0.3) is 0 Å². The highest BCUT2D eigenvalue weighted by molar-refractivity contribution is 4.84. The SMILES string of the molecule is FC(F)C(F)(F)C(F)NC(F)C(F)(F)C(F)F. The van der Waals surface area contributed by atoms with Crippen molar-refractivity contribution < 1.29 is 43.9 Å². The van der Waals surface area contributed by atoms with Gasteiger partial charge in [-0.15, -0.1) is 0 Å². The summed E-state index contributed by atoms with van der Waals surface area (Å²) in [5, 5.41) is 0.0297. The van der Waals surface area contributed by atoms with E-state index in [4.69, 9.17) is 0 Å². The van der Waals surface area contributed by atoms with E-state index in [2.05, 4.69) is 0 Å². The molecule has 0 spiro atoms. The molecule has 0 aromatic heterocycles. The van der Waals surface area contributed by atoms with E-state index in [0.29, 0.717) is 0 Å². The smallest absolute Gasteiger partial charge is 0.247 e. The molecule has 0 saturated carbocycles. The predicted molar refractivity (Wildman–Crippen MR) is 34.8 cm³/mol. The zero-order chi connectivity index (χ0) is 14.0. The zero-order valence-corrected chi connectivity index (χ0v) is 7.59. The highest BCUT2D eigenvalue weighted by Gasteiger charge is 2.56. The number of rotatable bonds is 6. The summed E-state index contributed by atoms with van der Waals surface area (Å²) in [6, 6.07) is 0. The van der Waals surface area contributed by atoms with Gasteiger partial charge in [0.2, 0.25) is 12.6 Å². The second-order valence-corrected chi connectivity index (χ2v) is 2.84. The Balaban J connectivity index is 4.65. The van der Waals surface area contributed by atoms with E-state index in [1.807, 2.05) is 0 Å². The van der Waals surface area contributed by atoms with Gasteiger partial charge in [-0.25, -0.2) is 31.7 Å². The minimum absolute atomic E-state index is 0.0297. The molecule has 2 atom stereocenters. The minimum atomic E-state index is -5.48. The molecular weight excluding hydrogens is 276 g/mol. The van der Waals surface area contributed by atoms with Crippen molar-refractivity contribution in [3.8, 4) is 0 Å². The summed E-state index contributed by atoms with van der Waals surface area (Å²) in [6.45, 7) is 0. The molecule has 11 heteroatoms. The quantitative estimate of drug-likeness (QED) is 0.583. The lowest BCUT2D eigenvalue weighted by atomic mass is 10.2. The maximum absolute atomic E-state index is 12.3. The summed E-state index contributed by atoms with van der Waals surface area (Å²) in [4.78, 5) is 0.